The van der Waals surface area contributed by atoms with Gasteiger partial charge < -0.3 is 15.0 Å². The normalized spacial score (nSPS) is 10.1. The Morgan fingerprint density at radius 2 is 2.24 bits per heavy atom. The molecular weight excluding hydrogens is 220 g/mol. The minimum absolute atomic E-state index is 0.125. The van der Waals surface area contributed by atoms with Gasteiger partial charge in [0.2, 0.25) is 0 Å². The molecule has 17 heavy (non-hydrogen) atoms. The number of aromatic nitrogens is 2. The molecule has 0 radical (unpaired) electrons. The fourth-order valence-electron chi connectivity index (χ4n) is 1.35. The van der Waals surface area contributed by atoms with Crippen LogP contribution in [-0.2, 0) is 4.74 Å². The topological polar surface area (TPSA) is 67.3 Å². The van der Waals surface area contributed by atoms with Crippen LogP contribution in [0.3, 0.4) is 0 Å². The summed E-state index contributed by atoms with van der Waals surface area (Å²) in [6, 6.07) is 3.39. The molecule has 0 aliphatic heterocycles. The third-order valence-corrected chi connectivity index (χ3v) is 2.37. The minimum Gasteiger partial charge on any atom is -0.383 e. The molecule has 1 aromatic rings. The summed E-state index contributed by atoms with van der Waals surface area (Å²) in [6.07, 6.45) is 0. The van der Waals surface area contributed by atoms with Crippen LogP contribution < -0.4 is 5.32 Å². The van der Waals surface area contributed by atoms with Crippen LogP contribution in [0, 0.1) is 0 Å². The monoisotopic (exact) mass is 238 g/mol. The maximum absolute atomic E-state index is 12.0. The molecule has 0 saturated heterocycles. The SMILES string of the molecule is CCN(CCOC)C(=O)c1ccc(NC)nn1. The molecular formula is C11H18N4O2. The fraction of sp³-hybridized carbons (Fsp3) is 0.545. The molecule has 0 bridgehead atoms. The maximum atomic E-state index is 12.0. The van der Waals surface area contributed by atoms with Crippen molar-refractivity contribution >= 4 is 11.7 Å². The van der Waals surface area contributed by atoms with Gasteiger partial charge in [-0.25, -0.2) is 0 Å². The fourth-order valence-corrected chi connectivity index (χ4v) is 1.35. The number of nitrogens with zero attached hydrogens (tertiary/aromatic N) is 3. The number of amides is 1. The average Bonchev–Trinajstić information content (AvgIpc) is 2.39. The second kappa shape index (κ2) is 6.80. The molecule has 1 aromatic heterocycles. The molecule has 1 amide bonds. The third-order valence-electron chi connectivity index (χ3n) is 2.37. The van der Waals surface area contributed by atoms with E-state index in [4.69, 9.17) is 4.74 Å². The van der Waals surface area contributed by atoms with Gasteiger partial charge in [-0.2, -0.15) is 0 Å². The quantitative estimate of drug-likeness (QED) is 0.787. The predicted molar refractivity (Wildman–Crippen MR) is 65.0 cm³/mol. The Morgan fingerprint density at radius 3 is 2.71 bits per heavy atom. The number of nitrogens with one attached hydrogen (secondary N) is 1. The summed E-state index contributed by atoms with van der Waals surface area (Å²) in [6.45, 7) is 3.61. The smallest absolute Gasteiger partial charge is 0.274 e. The number of anilines is 1. The first-order chi connectivity index (χ1) is 8.22. The zero-order valence-corrected chi connectivity index (χ0v) is 10.4. The highest BCUT2D eigenvalue weighted by molar-refractivity contribution is 5.92. The van der Waals surface area contributed by atoms with Crippen molar-refractivity contribution in [2.75, 3.05) is 39.2 Å². The highest BCUT2D eigenvalue weighted by Gasteiger charge is 2.15. The van der Waals surface area contributed by atoms with Gasteiger partial charge in [0.25, 0.3) is 5.91 Å². The molecule has 6 heteroatoms. The van der Waals surface area contributed by atoms with Crippen molar-refractivity contribution in [2.24, 2.45) is 0 Å². The maximum Gasteiger partial charge on any atom is 0.274 e. The minimum atomic E-state index is -0.125. The summed E-state index contributed by atoms with van der Waals surface area (Å²) >= 11 is 0. The summed E-state index contributed by atoms with van der Waals surface area (Å²) in [5, 5.41) is 10.6. The molecule has 0 fully saturated rings. The van der Waals surface area contributed by atoms with E-state index in [2.05, 4.69) is 15.5 Å². The number of ether oxygens (including phenoxy) is 1. The van der Waals surface area contributed by atoms with Crippen LogP contribution in [0.5, 0.6) is 0 Å². The average molecular weight is 238 g/mol. The molecule has 1 N–H and O–H groups in total. The van der Waals surface area contributed by atoms with Gasteiger partial charge in [-0.1, -0.05) is 0 Å². The Labute approximate surface area is 101 Å². The van der Waals surface area contributed by atoms with E-state index in [0.29, 0.717) is 31.2 Å². The van der Waals surface area contributed by atoms with Crippen LogP contribution in [0.25, 0.3) is 0 Å². The lowest BCUT2D eigenvalue weighted by Crippen LogP contribution is -2.34. The van der Waals surface area contributed by atoms with Crippen molar-refractivity contribution in [3.8, 4) is 0 Å². The molecule has 0 aromatic carbocycles. The van der Waals surface area contributed by atoms with Crippen molar-refractivity contribution in [2.45, 2.75) is 6.92 Å². The number of methoxy groups -OCH3 is 1. The van der Waals surface area contributed by atoms with Gasteiger partial charge in [0.15, 0.2) is 5.69 Å². The van der Waals surface area contributed by atoms with Crippen LogP contribution in [-0.4, -0.2) is 54.9 Å². The van der Waals surface area contributed by atoms with Gasteiger partial charge in [-0.15, -0.1) is 10.2 Å². The summed E-state index contributed by atoms with van der Waals surface area (Å²) in [5.41, 5.74) is 0.349. The van der Waals surface area contributed by atoms with E-state index in [1.165, 1.54) is 0 Å². The molecule has 0 unspecified atom stereocenters. The zero-order chi connectivity index (χ0) is 12.7. The number of hydrogen-bond acceptors (Lipinski definition) is 5. The molecule has 0 aliphatic carbocycles. The van der Waals surface area contributed by atoms with Crippen LogP contribution in [0.1, 0.15) is 17.4 Å². The predicted octanol–water partition coefficient (Wildman–Crippen LogP) is 0.627. The zero-order valence-electron chi connectivity index (χ0n) is 10.4. The van der Waals surface area contributed by atoms with Crippen LogP contribution >= 0.6 is 0 Å². The Morgan fingerprint density at radius 1 is 1.47 bits per heavy atom. The second-order valence-corrected chi connectivity index (χ2v) is 3.43. The molecule has 0 aliphatic rings. The lowest BCUT2D eigenvalue weighted by Gasteiger charge is -2.19. The van der Waals surface area contributed by atoms with Crippen LogP contribution in [0.4, 0.5) is 5.82 Å². The Hall–Kier alpha value is -1.69. The molecule has 1 rings (SSSR count). The molecule has 0 saturated carbocycles. The second-order valence-electron chi connectivity index (χ2n) is 3.43. The van der Waals surface area contributed by atoms with Crippen molar-refractivity contribution in [3.05, 3.63) is 17.8 Å². The molecule has 0 spiro atoms. The first-order valence-corrected chi connectivity index (χ1v) is 5.52. The molecule has 6 nitrogen and oxygen atoms in total. The van der Waals surface area contributed by atoms with E-state index in [9.17, 15) is 4.79 Å². The van der Waals surface area contributed by atoms with E-state index in [0.717, 1.165) is 0 Å². The van der Waals surface area contributed by atoms with Gasteiger partial charge in [0.1, 0.15) is 5.82 Å². The van der Waals surface area contributed by atoms with Gasteiger partial charge in [-0.05, 0) is 19.1 Å². The summed E-state index contributed by atoms with van der Waals surface area (Å²) < 4.78 is 4.96. The van der Waals surface area contributed by atoms with Crippen molar-refractivity contribution in [1.29, 1.82) is 0 Å². The highest BCUT2D eigenvalue weighted by atomic mass is 16.5. The number of carbonyl (C=O) groups excluding carboxylic acids is 1. The number of rotatable bonds is 6. The first-order valence-electron chi connectivity index (χ1n) is 5.52. The molecule has 0 atom stereocenters. The molecule has 94 valence electrons. The van der Waals surface area contributed by atoms with Gasteiger partial charge >= 0.3 is 0 Å². The van der Waals surface area contributed by atoms with E-state index >= 15 is 0 Å². The third kappa shape index (κ3) is 3.67. The van der Waals surface area contributed by atoms with Crippen molar-refractivity contribution in [1.82, 2.24) is 15.1 Å². The van der Waals surface area contributed by atoms with Gasteiger partial charge in [0, 0.05) is 27.2 Å². The van der Waals surface area contributed by atoms with E-state index < -0.39 is 0 Å². The largest absolute Gasteiger partial charge is 0.383 e. The Bertz CT molecular complexity index is 353. The van der Waals surface area contributed by atoms with Crippen LogP contribution in [0.2, 0.25) is 0 Å². The number of hydrogen-bond donors (Lipinski definition) is 1. The first kappa shape index (κ1) is 13.4. The number of carbonyl (C=O) groups is 1. The summed E-state index contributed by atoms with van der Waals surface area (Å²) in [4.78, 5) is 13.7. The van der Waals surface area contributed by atoms with Gasteiger partial charge in [0.05, 0.1) is 6.61 Å². The van der Waals surface area contributed by atoms with E-state index in [1.54, 1.807) is 31.2 Å². The lowest BCUT2D eigenvalue weighted by molar-refractivity contribution is 0.0699. The van der Waals surface area contributed by atoms with E-state index in [1.807, 2.05) is 6.92 Å². The number of likely N-dealkylation sites (N-methyl/N-ethyl adjacent to an activating group) is 1. The van der Waals surface area contributed by atoms with Gasteiger partial charge in [-0.3, -0.25) is 4.79 Å². The standard InChI is InChI=1S/C11H18N4O2/c1-4-15(7-8-17-3)11(16)9-5-6-10(12-2)14-13-9/h5-6H,4,7-8H2,1-3H3,(H,12,14). The van der Waals surface area contributed by atoms with Crippen LogP contribution in [0.15, 0.2) is 12.1 Å². The van der Waals surface area contributed by atoms with Crippen molar-refractivity contribution in [3.63, 3.8) is 0 Å². The molecule has 1 heterocycles. The summed E-state index contributed by atoms with van der Waals surface area (Å²) in [7, 11) is 3.36. The Balaban J connectivity index is 2.71. The highest BCUT2D eigenvalue weighted by Crippen LogP contribution is 2.04. The Kier molecular flexibility index (Phi) is 5.35. The summed E-state index contributed by atoms with van der Waals surface area (Å²) in [5.74, 6) is 0.515. The van der Waals surface area contributed by atoms with Crippen molar-refractivity contribution < 1.29 is 9.53 Å². The lowest BCUT2D eigenvalue weighted by atomic mass is 10.3. The van der Waals surface area contributed by atoms with E-state index in [-0.39, 0.29) is 5.91 Å².